The molecule has 0 aliphatic carbocycles. The van der Waals surface area contributed by atoms with Gasteiger partial charge in [0.1, 0.15) is 5.52 Å². The second-order valence-electron chi connectivity index (χ2n) is 9.48. The number of nitrogens with one attached hydrogen (secondary N) is 2. The average molecular weight is 519 g/mol. The van der Waals surface area contributed by atoms with Crippen molar-refractivity contribution in [2.75, 3.05) is 18.4 Å². The lowest BCUT2D eigenvalue weighted by Gasteiger charge is -2.30. The molecule has 10 nitrogen and oxygen atoms in total. The highest BCUT2D eigenvalue weighted by Gasteiger charge is 2.31. The summed E-state index contributed by atoms with van der Waals surface area (Å²) in [5.74, 6) is -0.0390. The molecule has 3 aromatic rings. The minimum absolute atomic E-state index is 0.000833. The number of carbonyl (C=O) groups is 1. The van der Waals surface area contributed by atoms with Gasteiger partial charge in [-0.1, -0.05) is 44.2 Å². The van der Waals surface area contributed by atoms with Crippen molar-refractivity contribution >= 4 is 33.2 Å². The van der Waals surface area contributed by atoms with E-state index >= 15 is 0 Å². The van der Waals surface area contributed by atoms with Gasteiger partial charge in [0.2, 0.25) is 10.0 Å². The molecule has 0 radical (unpaired) electrons. The third kappa shape index (κ3) is 7.19. The largest absolute Gasteiger partial charge is 0.465 e. The second-order valence-corrected chi connectivity index (χ2v) is 11.4. The van der Waals surface area contributed by atoms with Gasteiger partial charge in [0.25, 0.3) is 6.01 Å². The predicted molar refractivity (Wildman–Crippen MR) is 137 cm³/mol. The summed E-state index contributed by atoms with van der Waals surface area (Å²) in [7, 11) is -4.04. The Morgan fingerprint density at radius 2 is 1.78 bits per heavy atom. The summed E-state index contributed by atoms with van der Waals surface area (Å²) in [4.78, 5) is 15.7. The van der Waals surface area contributed by atoms with E-state index in [9.17, 15) is 23.4 Å². The van der Waals surface area contributed by atoms with Gasteiger partial charge in [-0.2, -0.15) is 9.29 Å². The number of anilines is 1. The maximum Gasteiger partial charge on any atom is 0.404 e. The lowest BCUT2D eigenvalue weighted by atomic mass is 10.0. The first-order valence-electron chi connectivity index (χ1n) is 11.8. The van der Waals surface area contributed by atoms with Gasteiger partial charge in [-0.15, -0.1) is 0 Å². The number of benzene rings is 2. The van der Waals surface area contributed by atoms with Gasteiger partial charge in [-0.25, -0.2) is 13.2 Å². The van der Waals surface area contributed by atoms with E-state index < -0.39 is 28.3 Å². The molecule has 0 bridgehead atoms. The van der Waals surface area contributed by atoms with Crippen molar-refractivity contribution in [2.24, 2.45) is 5.92 Å². The molecule has 0 aliphatic rings. The molecule has 1 heterocycles. The predicted octanol–water partition coefficient (Wildman–Crippen LogP) is 3.53. The van der Waals surface area contributed by atoms with E-state index in [0.717, 1.165) is 5.56 Å². The molecule has 1 aromatic heterocycles. The van der Waals surface area contributed by atoms with Crippen LogP contribution in [0, 0.1) is 5.92 Å². The van der Waals surface area contributed by atoms with Gasteiger partial charge in [-0.3, -0.25) is 0 Å². The summed E-state index contributed by atoms with van der Waals surface area (Å²) >= 11 is 0. The van der Waals surface area contributed by atoms with E-state index in [4.69, 9.17) is 4.42 Å². The minimum Gasteiger partial charge on any atom is -0.465 e. The van der Waals surface area contributed by atoms with Gasteiger partial charge >= 0.3 is 6.09 Å². The smallest absolute Gasteiger partial charge is 0.404 e. The fourth-order valence-corrected chi connectivity index (χ4v) is 5.48. The van der Waals surface area contributed by atoms with E-state index in [-0.39, 0.29) is 36.4 Å². The Kier molecular flexibility index (Phi) is 8.93. The maximum absolute atomic E-state index is 13.6. The normalized spacial score (nSPS) is 13.9. The minimum atomic E-state index is -4.04. The van der Waals surface area contributed by atoms with Crippen molar-refractivity contribution in [3.05, 3.63) is 54.1 Å². The third-order valence-corrected chi connectivity index (χ3v) is 7.27. The fourth-order valence-electron chi connectivity index (χ4n) is 3.85. The number of nitrogens with zero attached hydrogens (tertiary/aromatic N) is 2. The van der Waals surface area contributed by atoms with E-state index in [1.165, 1.54) is 16.4 Å². The fraction of sp³-hybridized carbons (Fsp3) is 0.440. The van der Waals surface area contributed by atoms with Crippen molar-refractivity contribution < 1.29 is 27.8 Å². The summed E-state index contributed by atoms with van der Waals surface area (Å²) in [6.45, 7) is 7.46. The number of aliphatic hydroxyl groups is 1. The maximum atomic E-state index is 13.6. The Balaban J connectivity index is 1.88. The van der Waals surface area contributed by atoms with E-state index in [2.05, 4.69) is 15.6 Å². The van der Waals surface area contributed by atoms with Crippen LogP contribution in [0.25, 0.3) is 11.1 Å². The molecule has 0 saturated heterocycles. The SMILES string of the molecule is CC(C)CN(C[C@@H](O)C(Cc1ccccc1)NC(=O)O)S(=O)(=O)c1ccc2nc(NC(C)C)oc2c1. The average Bonchev–Trinajstić information content (AvgIpc) is 3.19. The monoisotopic (exact) mass is 518 g/mol. The molecule has 0 saturated carbocycles. The summed E-state index contributed by atoms with van der Waals surface area (Å²) in [5, 5.41) is 25.7. The van der Waals surface area contributed by atoms with Crippen molar-refractivity contribution in [3.63, 3.8) is 0 Å². The van der Waals surface area contributed by atoms with Crippen LogP contribution in [0.1, 0.15) is 33.3 Å². The van der Waals surface area contributed by atoms with Crippen LogP contribution in [0.2, 0.25) is 0 Å². The first-order chi connectivity index (χ1) is 17.0. The molecular formula is C25H34N4O6S. The van der Waals surface area contributed by atoms with Crippen LogP contribution >= 0.6 is 0 Å². The number of aromatic nitrogens is 1. The van der Waals surface area contributed by atoms with Crippen LogP contribution in [0.3, 0.4) is 0 Å². The highest BCUT2D eigenvalue weighted by atomic mass is 32.2. The number of hydrogen-bond acceptors (Lipinski definition) is 7. The topological polar surface area (TPSA) is 145 Å². The zero-order valence-electron chi connectivity index (χ0n) is 20.9. The van der Waals surface area contributed by atoms with E-state index in [1.54, 1.807) is 6.07 Å². The number of rotatable bonds is 12. The Bertz CT molecular complexity index is 1260. The number of fused-ring (bicyclic) bond motifs is 1. The first kappa shape index (κ1) is 27.4. The Morgan fingerprint density at radius 3 is 2.39 bits per heavy atom. The first-order valence-corrected chi connectivity index (χ1v) is 13.3. The number of oxazole rings is 1. The molecule has 36 heavy (non-hydrogen) atoms. The van der Waals surface area contributed by atoms with Crippen molar-refractivity contribution in [1.29, 1.82) is 0 Å². The van der Waals surface area contributed by atoms with Crippen LogP contribution in [0.5, 0.6) is 0 Å². The third-order valence-electron chi connectivity index (χ3n) is 5.44. The zero-order valence-corrected chi connectivity index (χ0v) is 21.7. The summed E-state index contributed by atoms with van der Waals surface area (Å²) in [5.41, 5.74) is 1.65. The van der Waals surface area contributed by atoms with Crippen LogP contribution in [-0.4, -0.2) is 65.3 Å². The Morgan fingerprint density at radius 1 is 1.08 bits per heavy atom. The molecule has 11 heteroatoms. The lowest BCUT2D eigenvalue weighted by molar-refractivity contribution is 0.0980. The van der Waals surface area contributed by atoms with Crippen LogP contribution in [-0.2, 0) is 16.4 Å². The van der Waals surface area contributed by atoms with Crippen LogP contribution < -0.4 is 10.6 Å². The number of hydrogen-bond donors (Lipinski definition) is 4. The Labute approximate surface area is 211 Å². The summed E-state index contributed by atoms with van der Waals surface area (Å²) in [6, 6.07) is 13.0. The molecule has 1 amide bonds. The number of aliphatic hydroxyl groups excluding tert-OH is 1. The highest BCUT2D eigenvalue weighted by molar-refractivity contribution is 7.89. The molecule has 0 aliphatic heterocycles. The molecule has 4 N–H and O–H groups in total. The van der Waals surface area contributed by atoms with Gasteiger partial charge < -0.3 is 25.3 Å². The van der Waals surface area contributed by atoms with Crippen molar-refractivity contribution in [3.8, 4) is 0 Å². The highest BCUT2D eigenvalue weighted by Crippen LogP contribution is 2.26. The molecule has 1 unspecified atom stereocenters. The number of amides is 1. The van der Waals surface area contributed by atoms with Gasteiger partial charge in [0, 0.05) is 25.2 Å². The molecular weight excluding hydrogens is 484 g/mol. The number of carboxylic acid groups (broad SMARTS) is 1. The quantitative estimate of drug-likeness (QED) is 0.285. The lowest BCUT2D eigenvalue weighted by Crippen LogP contribution is -2.50. The molecule has 0 fully saturated rings. The van der Waals surface area contributed by atoms with Crippen molar-refractivity contribution in [2.45, 2.75) is 57.2 Å². The standard InChI is InChI=1S/C25H34N4O6S/c1-16(2)14-29(15-22(30)21(28-25(31)32)12-18-8-6-5-7-9-18)36(33,34)19-10-11-20-23(13-19)35-24(27-20)26-17(3)4/h5-11,13,16-17,21-22,28,30H,12,14-15H2,1-4H3,(H,26,27)(H,31,32)/t21?,22-/m1/s1. The van der Waals surface area contributed by atoms with Gasteiger partial charge in [-0.05, 0) is 43.9 Å². The molecule has 196 valence electrons. The second kappa shape index (κ2) is 11.7. The van der Waals surface area contributed by atoms with E-state index in [0.29, 0.717) is 17.1 Å². The zero-order chi connectivity index (χ0) is 26.5. The van der Waals surface area contributed by atoms with Crippen molar-refractivity contribution in [1.82, 2.24) is 14.6 Å². The molecule has 0 spiro atoms. The summed E-state index contributed by atoms with van der Waals surface area (Å²) in [6.07, 6.45) is -2.37. The molecule has 2 atom stereocenters. The van der Waals surface area contributed by atoms with Crippen LogP contribution in [0.4, 0.5) is 10.8 Å². The molecule has 3 rings (SSSR count). The summed E-state index contributed by atoms with van der Waals surface area (Å²) < 4.78 is 34.1. The van der Waals surface area contributed by atoms with Gasteiger partial charge in [0.15, 0.2) is 5.58 Å². The van der Waals surface area contributed by atoms with Crippen LogP contribution in [0.15, 0.2) is 57.8 Å². The van der Waals surface area contributed by atoms with E-state index in [1.807, 2.05) is 58.0 Å². The number of sulfonamides is 1. The van der Waals surface area contributed by atoms with Gasteiger partial charge in [0.05, 0.1) is 17.0 Å². The Hall–Kier alpha value is -3.15. The molecule has 2 aromatic carbocycles.